The van der Waals surface area contributed by atoms with E-state index in [-0.39, 0.29) is 70.5 Å². The first-order valence-electron chi connectivity index (χ1n) is 43.7. The Morgan fingerprint density at radius 3 is 1.04 bits per heavy atom. The molecule has 26 heteroatoms. The van der Waals surface area contributed by atoms with Crippen LogP contribution in [0.3, 0.4) is 0 Å². The Hall–Kier alpha value is -5.16. The Morgan fingerprint density at radius 2 is 0.746 bits per heavy atom. The third kappa shape index (κ3) is 57.1. The number of aryl methyl sites for hydroxylation is 4. The second-order valence-corrected chi connectivity index (χ2v) is 35.0. The van der Waals surface area contributed by atoms with Crippen LogP contribution in [-0.2, 0) is 80.8 Å². The molecule has 0 bridgehead atoms. The van der Waals surface area contributed by atoms with Crippen molar-refractivity contribution < 1.29 is 92.1 Å². The molecule has 2 aliphatic rings. The number of esters is 2. The molecule has 22 nitrogen and oxygen atoms in total. The number of rotatable bonds is 60. The Bertz CT molecular complexity index is 2990. The highest BCUT2D eigenvalue weighted by atomic mass is 32.2. The lowest BCUT2D eigenvalue weighted by molar-refractivity contribution is -0.692. The molecule has 4 aromatic rings. The number of carbonyl (C=O) groups excluding carboxylic acids is 4. The molecule has 6 rings (SSSR count). The predicted molar refractivity (Wildman–Crippen MR) is 451 cm³/mol. The molecule has 0 radical (unpaired) electrons. The second kappa shape index (κ2) is 67.7. The van der Waals surface area contributed by atoms with Gasteiger partial charge in [-0.3, -0.25) is 9.59 Å². The number of aromatic nitrogens is 2. The summed E-state index contributed by atoms with van der Waals surface area (Å²) in [5.41, 5.74) is 6.12. The first-order chi connectivity index (χ1) is 55.2. The molecular weight excluding hydrogens is 1530 g/mol. The number of carbonyl (C=O) groups is 4. The van der Waals surface area contributed by atoms with Crippen molar-refractivity contribution in [1.29, 1.82) is 0 Å². The summed E-state index contributed by atoms with van der Waals surface area (Å²) in [6.07, 6.45) is 54.9. The van der Waals surface area contributed by atoms with Gasteiger partial charge in [0.25, 0.3) is 0 Å². The lowest BCUT2D eigenvalue weighted by Gasteiger charge is -2.31. The summed E-state index contributed by atoms with van der Waals surface area (Å²) in [7, 11) is -8.54. The van der Waals surface area contributed by atoms with E-state index in [1.807, 2.05) is 13.8 Å². The van der Waals surface area contributed by atoms with Gasteiger partial charge in [0.1, 0.15) is 69.9 Å². The van der Waals surface area contributed by atoms with E-state index in [4.69, 9.17) is 37.9 Å². The lowest BCUT2D eigenvalue weighted by atomic mass is 10.0. The van der Waals surface area contributed by atoms with Crippen molar-refractivity contribution in [3.05, 3.63) is 93.8 Å². The van der Waals surface area contributed by atoms with Crippen molar-refractivity contribution in [2.24, 2.45) is 0 Å². The molecule has 0 saturated carbocycles. The molecular formula is C88H148N4O18S4. The normalized spacial score (nSPS) is 16.0. The number of amides is 2. The van der Waals surface area contributed by atoms with Gasteiger partial charge in [-0.1, -0.05) is 265 Å². The fraction of sp³-hybridized carbons (Fsp3) is 0.750. The van der Waals surface area contributed by atoms with Crippen LogP contribution in [0.4, 0.5) is 9.59 Å². The Balaban J connectivity index is 0.000000463. The van der Waals surface area contributed by atoms with Gasteiger partial charge in [-0.25, -0.2) is 26.4 Å². The molecule has 0 aliphatic carbocycles. The maximum Gasteiger partial charge on any atom is 0.407 e. The van der Waals surface area contributed by atoms with Gasteiger partial charge in [-0.2, -0.15) is 9.13 Å². The Labute approximate surface area is 695 Å². The van der Waals surface area contributed by atoms with Crippen LogP contribution in [0, 0.1) is 13.8 Å². The van der Waals surface area contributed by atoms with E-state index >= 15 is 0 Å². The highest BCUT2D eigenvalue weighted by Gasteiger charge is 2.32. The molecule has 2 saturated heterocycles. The van der Waals surface area contributed by atoms with E-state index in [9.17, 15) is 45.1 Å². The van der Waals surface area contributed by atoms with Crippen LogP contribution in [-0.4, -0.2) is 139 Å². The van der Waals surface area contributed by atoms with Crippen LogP contribution in [0.1, 0.15) is 321 Å². The maximum atomic E-state index is 12.5. The second-order valence-electron chi connectivity index (χ2n) is 30.8. The van der Waals surface area contributed by atoms with E-state index in [2.05, 4.69) is 67.8 Å². The van der Waals surface area contributed by atoms with Gasteiger partial charge in [-0.15, -0.1) is 0 Å². The average molecular weight is 1680 g/mol. The van der Waals surface area contributed by atoms with E-state index in [0.29, 0.717) is 52.7 Å². The summed E-state index contributed by atoms with van der Waals surface area (Å²) in [4.78, 5) is 47.9. The van der Waals surface area contributed by atoms with Gasteiger partial charge in [0.05, 0.1) is 47.0 Å². The van der Waals surface area contributed by atoms with Crippen molar-refractivity contribution in [2.45, 2.75) is 384 Å². The molecule has 652 valence electrons. The molecule has 2 aliphatic heterocycles. The highest BCUT2D eigenvalue weighted by Crippen LogP contribution is 2.23. The van der Waals surface area contributed by atoms with Gasteiger partial charge < -0.3 is 57.6 Å². The van der Waals surface area contributed by atoms with E-state index in [1.54, 1.807) is 46.9 Å². The number of benzene rings is 2. The van der Waals surface area contributed by atoms with Crippen LogP contribution in [0.15, 0.2) is 92.5 Å². The number of ether oxygens (including phenoxy) is 8. The number of hydrogen-bond acceptors (Lipinski definition) is 20. The van der Waals surface area contributed by atoms with Crippen molar-refractivity contribution in [3.63, 3.8) is 0 Å². The van der Waals surface area contributed by atoms with Gasteiger partial charge in [0.2, 0.25) is 11.0 Å². The standard InChI is InChI=1S/2C37H66N2O6S.2C7H8O3S/c2*1-3-4-5-6-7-8-9-10-11-12-13-14-15-17-20-25-38-37(41)45-35-24-22-28-43-36(35)31-42-30-34(44-33(2)40)23-19-16-18-21-26-39-27-29-46-32-39;2*1-6-2-4-7(5-3-6)11(8,9)10/h2*27,29,32,34-36H,3-26,28,30-31H2,1-2H3;2*2-5H,1H3,(H,8,9,10)/t2*34?,35-,36+;;/m11../s1. The number of hydrogen-bond donors (Lipinski definition) is 2. The number of unbranched alkanes of at least 4 members (excludes halogenated alkanes) is 34. The largest absolute Gasteiger partial charge is 0.744 e. The Morgan fingerprint density at radius 1 is 0.447 bits per heavy atom. The summed E-state index contributed by atoms with van der Waals surface area (Å²) >= 11 is 3.42. The van der Waals surface area contributed by atoms with Gasteiger partial charge in [-0.05, 0) is 115 Å². The number of alkyl carbamates (subject to hydrolysis) is 2. The zero-order chi connectivity index (χ0) is 82.8. The summed E-state index contributed by atoms with van der Waals surface area (Å²) in [6, 6.07) is 11.6. The van der Waals surface area contributed by atoms with Gasteiger partial charge in [0.15, 0.2) is 12.4 Å². The highest BCUT2D eigenvalue weighted by molar-refractivity contribution is 7.86. The minimum absolute atomic E-state index is 0.178. The monoisotopic (exact) mass is 1680 g/mol. The number of thiazole rings is 2. The SMILES string of the molecule is CCCCCCCCCCCCCCCCCNC(=O)O[C@@H]1CCCO[C@H]1COCC(CCCCCC[n+]1ccsc1)OC(C)=O.CCCCCCCCCCCCCCCCCNC(=O)O[C@@H]1CCCO[C@H]1COCC(CCCCCC[n+]1ccsc1)OC(C)=O.Cc1ccc(S(=O)(=O)[O-])cc1.Cc1ccc(S(=O)(=O)[O-])cc1. The van der Waals surface area contributed by atoms with Crippen LogP contribution in [0.2, 0.25) is 0 Å². The summed E-state index contributed by atoms with van der Waals surface area (Å²) in [5.74, 6) is -0.577. The van der Waals surface area contributed by atoms with Crippen LogP contribution in [0.5, 0.6) is 0 Å². The molecule has 2 aromatic heterocycles. The van der Waals surface area contributed by atoms with Crippen molar-refractivity contribution in [3.8, 4) is 0 Å². The lowest BCUT2D eigenvalue weighted by Crippen LogP contribution is -2.43. The quantitative estimate of drug-likeness (QED) is 0.0136. The minimum Gasteiger partial charge on any atom is -0.744 e. The fourth-order valence-electron chi connectivity index (χ4n) is 13.6. The maximum absolute atomic E-state index is 12.5. The number of nitrogens with one attached hydrogen (secondary N) is 2. The minimum atomic E-state index is -4.27. The molecule has 4 heterocycles. The first kappa shape index (κ1) is 103. The van der Waals surface area contributed by atoms with Crippen LogP contribution in [0.25, 0.3) is 0 Å². The van der Waals surface area contributed by atoms with Gasteiger partial charge >= 0.3 is 24.1 Å². The summed E-state index contributed by atoms with van der Waals surface area (Å²) in [5, 5.41) is 10.0. The first-order valence-corrected chi connectivity index (χ1v) is 48.4. The summed E-state index contributed by atoms with van der Waals surface area (Å²) in [6.45, 7) is 17.0. The third-order valence-electron chi connectivity index (χ3n) is 20.3. The van der Waals surface area contributed by atoms with Crippen molar-refractivity contribution >= 4 is 67.0 Å². The Kier molecular flexibility index (Phi) is 61.2. The van der Waals surface area contributed by atoms with E-state index in [1.165, 1.54) is 205 Å². The van der Waals surface area contributed by atoms with E-state index in [0.717, 1.165) is 140 Å². The zero-order valence-corrected chi connectivity index (χ0v) is 73.9. The zero-order valence-electron chi connectivity index (χ0n) is 70.6. The van der Waals surface area contributed by atoms with Crippen molar-refractivity contribution in [2.75, 3.05) is 52.7 Å². The topological polar surface area (TPSA) is 288 Å². The molecule has 6 atom stereocenters. The van der Waals surface area contributed by atoms with Gasteiger partial charge in [0, 0.05) is 53.0 Å². The third-order valence-corrected chi connectivity index (χ3v) is 23.3. The molecule has 2 amide bonds. The molecule has 2 N–H and O–H groups in total. The predicted octanol–water partition coefficient (Wildman–Crippen LogP) is 20.0. The molecule has 2 fully saturated rings. The van der Waals surface area contributed by atoms with Crippen molar-refractivity contribution in [1.82, 2.24) is 10.6 Å². The van der Waals surface area contributed by atoms with Crippen LogP contribution >= 0.6 is 22.7 Å². The fourth-order valence-corrected chi connectivity index (χ4v) is 15.8. The average Bonchev–Trinajstić information content (AvgIpc) is 1.25. The molecule has 2 aromatic carbocycles. The molecule has 2 unspecified atom stereocenters. The smallest absolute Gasteiger partial charge is 0.407 e. The van der Waals surface area contributed by atoms with E-state index < -0.39 is 20.2 Å². The number of nitrogens with zero attached hydrogens (tertiary/aromatic N) is 2. The summed E-state index contributed by atoms with van der Waals surface area (Å²) < 4.78 is 113. The van der Waals surface area contributed by atoms with Crippen LogP contribution < -0.4 is 19.8 Å². The molecule has 114 heavy (non-hydrogen) atoms. The molecule has 0 spiro atoms.